The minimum atomic E-state index is -1.44. The van der Waals surface area contributed by atoms with Crippen molar-refractivity contribution in [1.82, 2.24) is 0 Å². The van der Waals surface area contributed by atoms with Crippen molar-refractivity contribution in [2.24, 2.45) is 0 Å². The number of hydrogen-bond acceptors (Lipinski definition) is 5. The maximum absolute atomic E-state index is 12.4. The van der Waals surface area contributed by atoms with Gasteiger partial charge >= 0.3 is 5.97 Å². The van der Waals surface area contributed by atoms with Crippen molar-refractivity contribution in [3.05, 3.63) is 64.5 Å². The number of carboxylic acid groups (broad SMARTS) is 1. The summed E-state index contributed by atoms with van der Waals surface area (Å²) in [5.41, 5.74) is -0.648. The Balaban J connectivity index is 2.25. The van der Waals surface area contributed by atoms with Gasteiger partial charge in [0.25, 0.3) is 5.76 Å². The molecule has 0 aliphatic rings. The van der Waals surface area contributed by atoms with Gasteiger partial charge in [-0.25, -0.2) is 4.79 Å². The van der Waals surface area contributed by atoms with Crippen molar-refractivity contribution in [3.8, 4) is 17.2 Å². The second-order valence-electron chi connectivity index (χ2n) is 4.49. The summed E-state index contributed by atoms with van der Waals surface area (Å²) in [6.07, 6.45) is 0. The first-order valence-corrected chi connectivity index (χ1v) is 6.32. The van der Waals surface area contributed by atoms with Crippen LogP contribution in [0.2, 0.25) is 0 Å². The van der Waals surface area contributed by atoms with Crippen molar-refractivity contribution < 1.29 is 24.2 Å². The van der Waals surface area contributed by atoms with Gasteiger partial charge in [-0.1, -0.05) is 18.2 Å². The van der Waals surface area contributed by atoms with Gasteiger partial charge in [0.1, 0.15) is 17.1 Å². The lowest BCUT2D eigenvalue weighted by Gasteiger charge is -2.08. The number of carbonyl (C=O) groups is 1. The molecule has 2 N–H and O–H groups in total. The second kappa shape index (κ2) is 5.25. The van der Waals surface area contributed by atoms with Gasteiger partial charge in [0, 0.05) is 6.07 Å². The van der Waals surface area contributed by atoms with Gasteiger partial charge in [-0.2, -0.15) is 0 Å². The second-order valence-corrected chi connectivity index (χ2v) is 4.49. The average Bonchev–Trinajstić information content (AvgIpc) is 2.50. The molecule has 6 heteroatoms. The summed E-state index contributed by atoms with van der Waals surface area (Å²) in [7, 11) is 0. The Morgan fingerprint density at radius 2 is 1.82 bits per heavy atom. The number of ether oxygens (including phenoxy) is 1. The SMILES string of the molecule is O=C(O)c1oc2cc(O)ccc2c(=O)c1Oc1ccccc1. The van der Waals surface area contributed by atoms with E-state index in [2.05, 4.69) is 0 Å². The largest absolute Gasteiger partial charge is 0.508 e. The molecule has 1 aromatic heterocycles. The molecule has 0 aliphatic carbocycles. The zero-order valence-electron chi connectivity index (χ0n) is 11.1. The van der Waals surface area contributed by atoms with Crippen LogP contribution < -0.4 is 10.2 Å². The summed E-state index contributed by atoms with van der Waals surface area (Å²) in [6.45, 7) is 0. The predicted octanol–water partition coefficient (Wildman–Crippen LogP) is 2.99. The molecule has 3 aromatic rings. The molecule has 0 amide bonds. The van der Waals surface area contributed by atoms with Crippen LogP contribution >= 0.6 is 0 Å². The molecule has 0 saturated carbocycles. The summed E-state index contributed by atoms with van der Waals surface area (Å²) in [5.74, 6) is -2.28. The summed E-state index contributed by atoms with van der Waals surface area (Å²) in [4.78, 5) is 23.8. The number of phenols is 1. The lowest BCUT2D eigenvalue weighted by molar-refractivity contribution is 0.0658. The fourth-order valence-electron chi connectivity index (χ4n) is 2.00. The molecule has 0 radical (unpaired) electrons. The van der Waals surface area contributed by atoms with E-state index in [-0.39, 0.29) is 16.7 Å². The monoisotopic (exact) mass is 298 g/mol. The predicted molar refractivity (Wildman–Crippen MR) is 77.6 cm³/mol. The van der Waals surface area contributed by atoms with Gasteiger partial charge in [-0.05, 0) is 24.3 Å². The van der Waals surface area contributed by atoms with Gasteiger partial charge in [-0.15, -0.1) is 0 Å². The molecule has 0 unspecified atom stereocenters. The summed E-state index contributed by atoms with van der Waals surface area (Å²) in [6, 6.07) is 12.2. The summed E-state index contributed by atoms with van der Waals surface area (Å²) >= 11 is 0. The van der Waals surface area contributed by atoms with E-state index >= 15 is 0 Å². The number of hydrogen-bond donors (Lipinski definition) is 2. The lowest BCUT2D eigenvalue weighted by atomic mass is 10.2. The third-order valence-corrected chi connectivity index (χ3v) is 2.99. The highest BCUT2D eigenvalue weighted by Crippen LogP contribution is 2.27. The lowest BCUT2D eigenvalue weighted by Crippen LogP contribution is -2.12. The molecule has 1 heterocycles. The quantitative estimate of drug-likeness (QED) is 0.771. The summed E-state index contributed by atoms with van der Waals surface area (Å²) < 4.78 is 10.6. The standard InChI is InChI=1S/C16H10O6/c17-9-6-7-11-12(8-9)22-15(16(19)20)14(13(11)18)21-10-4-2-1-3-5-10/h1-8,17H,(H,19,20). The van der Waals surface area contributed by atoms with Crippen LogP contribution in [0.25, 0.3) is 11.0 Å². The number of benzene rings is 2. The molecular weight excluding hydrogens is 288 g/mol. The van der Waals surface area contributed by atoms with Crippen molar-refractivity contribution >= 4 is 16.9 Å². The van der Waals surface area contributed by atoms with E-state index in [1.165, 1.54) is 18.2 Å². The van der Waals surface area contributed by atoms with E-state index < -0.39 is 22.9 Å². The zero-order chi connectivity index (χ0) is 15.7. The Kier molecular flexibility index (Phi) is 3.27. The number of fused-ring (bicyclic) bond motifs is 1. The smallest absolute Gasteiger partial charge is 0.375 e. The Labute approximate surface area is 123 Å². The van der Waals surface area contributed by atoms with Crippen LogP contribution in [-0.4, -0.2) is 16.2 Å². The van der Waals surface area contributed by atoms with Gasteiger partial charge in [-0.3, -0.25) is 4.79 Å². The Morgan fingerprint density at radius 3 is 2.50 bits per heavy atom. The molecule has 3 rings (SSSR count). The maximum atomic E-state index is 12.4. The van der Waals surface area contributed by atoms with Gasteiger partial charge in [0.15, 0.2) is 0 Å². The van der Waals surface area contributed by atoms with Crippen molar-refractivity contribution in [1.29, 1.82) is 0 Å². The molecule has 0 saturated heterocycles. The highest BCUT2D eigenvalue weighted by atomic mass is 16.5. The van der Waals surface area contributed by atoms with Crippen LogP contribution in [-0.2, 0) is 0 Å². The molecule has 22 heavy (non-hydrogen) atoms. The van der Waals surface area contributed by atoms with E-state index in [4.69, 9.17) is 9.15 Å². The first kappa shape index (κ1) is 13.7. The number of phenolic OH excluding ortho intramolecular Hbond substituents is 1. The normalized spacial score (nSPS) is 10.5. The minimum absolute atomic E-state index is 0.0252. The van der Waals surface area contributed by atoms with Gasteiger partial charge in [0.2, 0.25) is 11.2 Å². The Morgan fingerprint density at radius 1 is 1.09 bits per heavy atom. The molecule has 110 valence electrons. The Hall–Kier alpha value is -3.28. The highest BCUT2D eigenvalue weighted by Gasteiger charge is 2.22. The van der Waals surface area contributed by atoms with Crippen LogP contribution in [0.3, 0.4) is 0 Å². The first-order valence-electron chi connectivity index (χ1n) is 6.32. The fraction of sp³-hybridized carbons (Fsp3) is 0. The topological polar surface area (TPSA) is 97.0 Å². The average molecular weight is 298 g/mol. The van der Waals surface area contributed by atoms with Crippen LogP contribution in [0.1, 0.15) is 10.6 Å². The first-order chi connectivity index (χ1) is 10.6. The van der Waals surface area contributed by atoms with E-state index in [1.807, 2.05) is 0 Å². The van der Waals surface area contributed by atoms with Crippen LogP contribution in [0.4, 0.5) is 0 Å². The van der Waals surface area contributed by atoms with Crippen LogP contribution in [0.15, 0.2) is 57.7 Å². The van der Waals surface area contributed by atoms with E-state index in [0.29, 0.717) is 5.75 Å². The van der Waals surface area contributed by atoms with E-state index in [1.54, 1.807) is 30.3 Å². The van der Waals surface area contributed by atoms with Crippen molar-refractivity contribution in [2.45, 2.75) is 0 Å². The molecule has 0 spiro atoms. The number of aromatic carboxylic acids is 1. The molecule has 0 fully saturated rings. The molecule has 0 aliphatic heterocycles. The zero-order valence-corrected chi connectivity index (χ0v) is 11.1. The molecule has 2 aromatic carbocycles. The number of rotatable bonds is 3. The van der Waals surface area contributed by atoms with Crippen molar-refractivity contribution in [3.63, 3.8) is 0 Å². The fourth-order valence-corrected chi connectivity index (χ4v) is 2.00. The van der Waals surface area contributed by atoms with E-state index in [9.17, 15) is 19.8 Å². The third-order valence-electron chi connectivity index (χ3n) is 2.99. The molecule has 0 atom stereocenters. The maximum Gasteiger partial charge on any atom is 0.375 e. The molecule has 6 nitrogen and oxygen atoms in total. The van der Waals surface area contributed by atoms with Crippen LogP contribution in [0, 0.1) is 0 Å². The van der Waals surface area contributed by atoms with Crippen LogP contribution in [0.5, 0.6) is 17.2 Å². The highest BCUT2D eigenvalue weighted by molar-refractivity contribution is 5.91. The van der Waals surface area contributed by atoms with Gasteiger partial charge < -0.3 is 19.4 Å². The minimum Gasteiger partial charge on any atom is -0.508 e. The van der Waals surface area contributed by atoms with Gasteiger partial charge in [0.05, 0.1) is 5.39 Å². The van der Waals surface area contributed by atoms with E-state index in [0.717, 1.165) is 0 Å². The molecular formula is C16H10O6. The summed E-state index contributed by atoms with van der Waals surface area (Å²) in [5, 5.41) is 18.8. The number of aromatic hydroxyl groups is 1. The van der Waals surface area contributed by atoms with Crippen molar-refractivity contribution in [2.75, 3.05) is 0 Å². The number of carboxylic acids is 1. The molecule has 0 bridgehead atoms. The third kappa shape index (κ3) is 2.37. The number of para-hydroxylation sites is 1. The Bertz CT molecular complexity index is 911.